The fourth-order valence-electron chi connectivity index (χ4n) is 2.07. The van der Waals surface area contributed by atoms with Gasteiger partial charge in [0, 0.05) is 16.9 Å². The van der Waals surface area contributed by atoms with Crippen molar-refractivity contribution >= 4 is 29.1 Å². The first-order valence-electron chi connectivity index (χ1n) is 7.38. The lowest BCUT2D eigenvalue weighted by atomic mass is 10.3. The van der Waals surface area contributed by atoms with Crippen LogP contribution in [0.1, 0.15) is 17.4 Å². The molecule has 0 fully saturated rings. The Morgan fingerprint density at radius 2 is 2.00 bits per heavy atom. The van der Waals surface area contributed by atoms with Gasteiger partial charge < -0.3 is 10.1 Å². The van der Waals surface area contributed by atoms with Crippen LogP contribution in [-0.4, -0.2) is 27.3 Å². The van der Waals surface area contributed by atoms with Crippen molar-refractivity contribution in [3.63, 3.8) is 0 Å². The molecule has 24 heavy (non-hydrogen) atoms. The molecule has 0 amide bonds. The predicted octanol–water partition coefficient (Wildman–Crippen LogP) is 3.84. The molecule has 0 unspecified atom stereocenters. The molecule has 1 N–H and O–H groups in total. The lowest BCUT2D eigenvalue weighted by molar-refractivity contribution is 0.0519. The van der Waals surface area contributed by atoms with E-state index in [1.54, 1.807) is 37.4 Å². The van der Waals surface area contributed by atoms with Crippen LogP contribution in [0.4, 0.5) is 11.5 Å². The van der Waals surface area contributed by atoms with Gasteiger partial charge in [-0.05, 0) is 49.4 Å². The largest absolute Gasteiger partial charge is 0.461 e. The van der Waals surface area contributed by atoms with Gasteiger partial charge in [0.1, 0.15) is 5.82 Å². The molecule has 0 atom stereocenters. The Bertz CT molecular complexity index is 846. The third kappa shape index (κ3) is 3.72. The average Bonchev–Trinajstić information content (AvgIpc) is 3.08. The van der Waals surface area contributed by atoms with Crippen LogP contribution in [0.5, 0.6) is 0 Å². The topological polar surface area (TPSA) is 69.0 Å². The quantitative estimate of drug-likeness (QED) is 0.713. The van der Waals surface area contributed by atoms with Gasteiger partial charge in [-0.2, -0.15) is 5.10 Å². The van der Waals surface area contributed by atoms with Crippen molar-refractivity contribution in [2.45, 2.75) is 6.92 Å². The number of nitrogens with one attached hydrogen (secondary N) is 1. The number of hydrogen-bond donors (Lipinski definition) is 1. The number of rotatable bonds is 5. The van der Waals surface area contributed by atoms with Crippen LogP contribution in [0.2, 0.25) is 5.02 Å². The summed E-state index contributed by atoms with van der Waals surface area (Å²) in [6.07, 6.45) is 1.67. The van der Waals surface area contributed by atoms with Crippen molar-refractivity contribution in [1.82, 2.24) is 14.8 Å². The number of anilines is 2. The van der Waals surface area contributed by atoms with E-state index in [0.717, 1.165) is 5.69 Å². The van der Waals surface area contributed by atoms with E-state index in [-0.39, 0.29) is 5.69 Å². The van der Waals surface area contributed by atoms with Crippen molar-refractivity contribution in [3.8, 4) is 5.82 Å². The Morgan fingerprint density at radius 3 is 2.75 bits per heavy atom. The summed E-state index contributed by atoms with van der Waals surface area (Å²) < 4.78 is 6.46. The maximum Gasteiger partial charge on any atom is 0.358 e. The van der Waals surface area contributed by atoms with Crippen LogP contribution in [-0.2, 0) is 4.74 Å². The number of pyridine rings is 1. The zero-order chi connectivity index (χ0) is 16.9. The van der Waals surface area contributed by atoms with E-state index in [4.69, 9.17) is 16.3 Å². The monoisotopic (exact) mass is 342 g/mol. The number of carbonyl (C=O) groups is 1. The van der Waals surface area contributed by atoms with E-state index >= 15 is 0 Å². The molecule has 0 bridgehead atoms. The molecule has 0 aliphatic heterocycles. The number of carbonyl (C=O) groups excluding carboxylic acids is 1. The first-order chi connectivity index (χ1) is 11.7. The highest BCUT2D eigenvalue weighted by molar-refractivity contribution is 6.30. The zero-order valence-electron chi connectivity index (χ0n) is 12.9. The first-order valence-corrected chi connectivity index (χ1v) is 7.76. The maximum absolute atomic E-state index is 11.7. The Hall–Kier alpha value is -2.86. The van der Waals surface area contributed by atoms with Gasteiger partial charge in [0.2, 0.25) is 0 Å². The summed E-state index contributed by atoms with van der Waals surface area (Å²) in [5.74, 6) is 0.791. The standard InChI is InChI=1S/C17H15ClN4O2/c1-2-24-17(23)14-10-11-22(21-14)16-5-3-4-15(20-16)19-13-8-6-12(18)7-9-13/h3-11H,2H2,1H3,(H,19,20). The van der Waals surface area contributed by atoms with Crippen LogP contribution in [0.15, 0.2) is 54.7 Å². The van der Waals surface area contributed by atoms with E-state index in [1.807, 2.05) is 24.3 Å². The minimum absolute atomic E-state index is 0.245. The van der Waals surface area contributed by atoms with E-state index in [9.17, 15) is 4.79 Å². The number of hydrogen-bond acceptors (Lipinski definition) is 5. The third-order valence-electron chi connectivity index (χ3n) is 3.16. The van der Waals surface area contributed by atoms with E-state index in [1.165, 1.54) is 4.68 Å². The van der Waals surface area contributed by atoms with Gasteiger partial charge in [-0.25, -0.2) is 14.5 Å². The molecule has 0 spiro atoms. The molecule has 6 nitrogen and oxygen atoms in total. The summed E-state index contributed by atoms with van der Waals surface area (Å²) >= 11 is 5.88. The van der Waals surface area contributed by atoms with Crippen molar-refractivity contribution < 1.29 is 9.53 Å². The van der Waals surface area contributed by atoms with Gasteiger partial charge in [0.25, 0.3) is 0 Å². The third-order valence-corrected chi connectivity index (χ3v) is 3.41. The molecule has 0 aliphatic rings. The molecule has 1 aromatic carbocycles. The lowest BCUT2D eigenvalue weighted by Gasteiger charge is -2.07. The number of nitrogens with zero attached hydrogens (tertiary/aromatic N) is 3. The molecule has 122 valence electrons. The summed E-state index contributed by atoms with van der Waals surface area (Å²) in [5, 5.41) is 8.05. The van der Waals surface area contributed by atoms with Gasteiger partial charge in [-0.15, -0.1) is 0 Å². The Labute approximate surface area is 144 Å². The minimum Gasteiger partial charge on any atom is -0.461 e. The van der Waals surface area contributed by atoms with E-state index in [0.29, 0.717) is 23.3 Å². The van der Waals surface area contributed by atoms with Gasteiger partial charge >= 0.3 is 5.97 Å². The number of ether oxygens (including phenoxy) is 1. The Kier molecular flexibility index (Phi) is 4.77. The van der Waals surface area contributed by atoms with E-state index < -0.39 is 5.97 Å². The molecular weight excluding hydrogens is 328 g/mol. The van der Waals surface area contributed by atoms with Crippen molar-refractivity contribution in [2.75, 3.05) is 11.9 Å². The van der Waals surface area contributed by atoms with Crippen LogP contribution in [0, 0.1) is 0 Å². The molecule has 7 heteroatoms. The normalized spacial score (nSPS) is 10.4. The molecule has 3 rings (SSSR count). The molecular formula is C17H15ClN4O2. The summed E-state index contributed by atoms with van der Waals surface area (Å²) in [6, 6.07) is 14.4. The van der Waals surface area contributed by atoms with Crippen LogP contribution >= 0.6 is 11.6 Å². The average molecular weight is 343 g/mol. The fourth-order valence-corrected chi connectivity index (χ4v) is 2.19. The molecule has 0 aliphatic carbocycles. The number of esters is 1. The SMILES string of the molecule is CCOC(=O)c1ccn(-c2cccc(Nc3ccc(Cl)cc3)n2)n1. The molecule has 3 aromatic rings. The molecule has 2 aromatic heterocycles. The second kappa shape index (κ2) is 7.14. The van der Waals surface area contributed by atoms with Gasteiger partial charge in [0.05, 0.1) is 6.61 Å². The van der Waals surface area contributed by atoms with Crippen LogP contribution in [0.25, 0.3) is 5.82 Å². The highest BCUT2D eigenvalue weighted by Crippen LogP contribution is 2.18. The second-order valence-electron chi connectivity index (χ2n) is 4.88. The molecule has 2 heterocycles. The predicted molar refractivity (Wildman–Crippen MR) is 92.1 cm³/mol. The summed E-state index contributed by atoms with van der Waals surface area (Å²) in [6.45, 7) is 2.06. The van der Waals surface area contributed by atoms with Gasteiger partial charge in [0.15, 0.2) is 11.5 Å². The molecule has 0 saturated carbocycles. The summed E-state index contributed by atoms with van der Waals surface area (Å²) in [4.78, 5) is 16.2. The van der Waals surface area contributed by atoms with Crippen molar-refractivity contribution in [1.29, 1.82) is 0 Å². The number of aromatic nitrogens is 3. The summed E-state index contributed by atoms with van der Waals surface area (Å²) in [7, 11) is 0. The lowest BCUT2D eigenvalue weighted by Crippen LogP contribution is -2.07. The van der Waals surface area contributed by atoms with Gasteiger partial charge in [-0.3, -0.25) is 0 Å². The first kappa shape index (κ1) is 16.0. The number of halogens is 1. The highest BCUT2D eigenvalue weighted by atomic mass is 35.5. The van der Waals surface area contributed by atoms with Gasteiger partial charge in [-0.1, -0.05) is 17.7 Å². The maximum atomic E-state index is 11.7. The Balaban J connectivity index is 1.80. The smallest absolute Gasteiger partial charge is 0.358 e. The molecule has 0 saturated heterocycles. The summed E-state index contributed by atoms with van der Waals surface area (Å²) in [5.41, 5.74) is 1.12. The Morgan fingerprint density at radius 1 is 1.21 bits per heavy atom. The second-order valence-corrected chi connectivity index (χ2v) is 5.32. The molecule has 0 radical (unpaired) electrons. The number of benzene rings is 1. The van der Waals surface area contributed by atoms with Crippen molar-refractivity contribution in [3.05, 3.63) is 65.4 Å². The minimum atomic E-state index is -0.452. The highest BCUT2D eigenvalue weighted by Gasteiger charge is 2.11. The van der Waals surface area contributed by atoms with E-state index in [2.05, 4.69) is 15.4 Å². The fraction of sp³-hybridized carbons (Fsp3) is 0.118. The zero-order valence-corrected chi connectivity index (χ0v) is 13.7. The van der Waals surface area contributed by atoms with Crippen LogP contribution < -0.4 is 5.32 Å². The van der Waals surface area contributed by atoms with Crippen LogP contribution in [0.3, 0.4) is 0 Å². The van der Waals surface area contributed by atoms with Crippen molar-refractivity contribution in [2.24, 2.45) is 0 Å².